The van der Waals surface area contributed by atoms with Crippen LogP contribution in [0.3, 0.4) is 0 Å². The molecule has 0 saturated carbocycles. The summed E-state index contributed by atoms with van der Waals surface area (Å²) in [7, 11) is 0.225. The van der Waals surface area contributed by atoms with Crippen LogP contribution in [0.4, 0.5) is 0 Å². The number of allylic oxidation sites excluding steroid dienone is 1. The van der Waals surface area contributed by atoms with Gasteiger partial charge < -0.3 is 21.0 Å². The molecule has 3 rings (SSSR count). The first kappa shape index (κ1) is 16.9. The lowest BCUT2D eigenvalue weighted by molar-refractivity contribution is -0.118. The molecular formula is C16H17N6O2P. The summed E-state index contributed by atoms with van der Waals surface area (Å²) >= 11 is 0. The molecule has 9 heteroatoms. The summed E-state index contributed by atoms with van der Waals surface area (Å²) in [6.45, 7) is 0. The standard InChI is InChI=1S/C16H17N6O2P/c17-14(12(9-23)21-18)15(24)20-13-6-7-22-8-11(19-16(22)25-13)10-4-2-1-3-5-10/h1-9,13,21,25H,17-18H2,(H,20,24)/b14-12-. The van der Waals surface area contributed by atoms with Crippen LogP contribution in [-0.4, -0.2) is 27.5 Å². The van der Waals surface area contributed by atoms with Crippen LogP contribution < -0.4 is 27.9 Å². The van der Waals surface area contributed by atoms with E-state index in [4.69, 9.17) is 11.6 Å². The predicted molar refractivity (Wildman–Crippen MR) is 97.5 cm³/mol. The van der Waals surface area contributed by atoms with Gasteiger partial charge in [-0.3, -0.25) is 15.4 Å². The van der Waals surface area contributed by atoms with Gasteiger partial charge in [0.05, 0.1) is 11.5 Å². The highest BCUT2D eigenvalue weighted by Gasteiger charge is 2.20. The number of nitrogens with zero attached hydrogens (tertiary/aromatic N) is 2. The normalized spacial score (nSPS) is 17.6. The zero-order valence-electron chi connectivity index (χ0n) is 13.1. The second-order valence-electron chi connectivity index (χ2n) is 5.25. The van der Waals surface area contributed by atoms with Crippen molar-refractivity contribution in [3.8, 4) is 11.3 Å². The first-order chi connectivity index (χ1) is 12.1. The molecule has 6 N–H and O–H groups in total. The first-order valence-electron chi connectivity index (χ1n) is 7.44. The number of hydrazine groups is 1. The van der Waals surface area contributed by atoms with Gasteiger partial charge in [0.15, 0.2) is 6.29 Å². The number of nitrogens with one attached hydrogen (secondary N) is 2. The number of carbonyl (C=O) groups is 2. The summed E-state index contributed by atoms with van der Waals surface area (Å²) < 4.78 is 1.93. The lowest BCUT2D eigenvalue weighted by Gasteiger charge is -2.19. The average Bonchev–Trinajstić information content (AvgIpc) is 3.06. The van der Waals surface area contributed by atoms with Crippen LogP contribution in [-0.2, 0) is 9.59 Å². The van der Waals surface area contributed by atoms with Crippen molar-refractivity contribution < 1.29 is 9.59 Å². The molecule has 0 bridgehead atoms. The molecule has 1 aromatic heterocycles. The maximum atomic E-state index is 12.1. The van der Waals surface area contributed by atoms with E-state index < -0.39 is 5.91 Å². The molecule has 0 fully saturated rings. The zero-order valence-corrected chi connectivity index (χ0v) is 14.1. The van der Waals surface area contributed by atoms with E-state index in [1.54, 1.807) is 0 Å². The summed E-state index contributed by atoms with van der Waals surface area (Å²) in [6.07, 6.45) is 6.04. The van der Waals surface area contributed by atoms with Crippen molar-refractivity contribution in [2.45, 2.75) is 5.78 Å². The number of imidazole rings is 1. The summed E-state index contributed by atoms with van der Waals surface area (Å²) in [5.74, 6) is 4.33. The van der Waals surface area contributed by atoms with E-state index in [-0.39, 0.29) is 25.8 Å². The third-order valence-corrected chi connectivity index (χ3v) is 4.90. The predicted octanol–water partition coefficient (Wildman–Crippen LogP) is -0.387. The minimum absolute atomic E-state index is 0.159. The van der Waals surface area contributed by atoms with Crippen molar-refractivity contribution in [2.75, 3.05) is 0 Å². The minimum Gasteiger partial charge on any atom is -0.392 e. The number of aldehydes is 1. The molecule has 0 radical (unpaired) electrons. The van der Waals surface area contributed by atoms with E-state index in [0.29, 0.717) is 6.29 Å². The number of hydrogen-bond acceptors (Lipinski definition) is 6. The van der Waals surface area contributed by atoms with Gasteiger partial charge in [-0.25, -0.2) is 4.98 Å². The van der Waals surface area contributed by atoms with Crippen LogP contribution in [0, 0.1) is 0 Å². The van der Waals surface area contributed by atoms with Gasteiger partial charge in [0.1, 0.15) is 17.0 Å². The second-order valence-corrected chi connectivity index (χ2v) is 6.61. The van der Waals surface area contributed by atoms with Crippen LogP contribution in [0.5, 0.6) is 0 Å². The number of rotatable bonds is 5. The lowest BCUT2D eigenvalue weighted by atomic mass is 10.2. The Morgan fingerprint density at radius 2 is 2.08 bits per heavy atom. The third-order valence-electron chi connectivity index (χ3n) is 3.62. The topological polar surface area (TPSA) is 128 Å². The lowest BCUT2D eigenvalue weighted by Crippen LogP contribution is -2.39. The molecule has 1 aromatic carbocycles. The fourth-order valence-electron chi connectivity index (χ4n) is 2.33. The van der Waals surface area contributed by atoms with Gasteiger partial charge in [-0.15, -0.1) is 0 Å². The fraction of sp³-hybridized carbons (Fsp3) is 0.0625. The minimum atomic E-state index is -0.564. The monoisotopic (exact) mass is 356 g/mol. The van der Waals surface area contributed by atoms with E-state index in [0.717, 1.165) is 16.8 Å². The smallest absolute Gasteiger partial charge is 0.270 e. The summed E-state index contributed by atoms with van der Waals surface area (Å²) in [5.41, 5.74) is 10.1. The zero-order chi connectivity index (χ0) is 17.8. The van der Waals surface area contributed by atoms with E-state index in [1.165, 1.54) is 0 Å². The number of benzene rings is 1. The van der Waals surface area contributed by atoms with Crippen LogP contribution in [0.15, 0.2) is 54.0 Å². The quantitative estimate of drug-likeness (QED) is 0.190. The number of fused-ring (bicyclic) bond motifs is 1. The Morgan fingerprint density at radius 1 is 1.32 bits per heavy atom. The molecule has 0 saturated heterocycles. The van der Waals surface area contributed by atoms with Crippen molar-refractivity contribution in [3.63, 3.8) is 0 Å². The van der Waals surface area contributed by atoms with E-state index in [2.05, 4.69) is 15.7 Å². The van der Waals surface area contributed by atoms with Crippen LogP contribution in [0.1, 0.15) is 0 Å². The van der Waals surface area contributed by atoms with Gasteiger partial charge in [0.25, 0.3) is 5.91 Å². The molecule has 2 atom stereocenters. The molecule has 0 spiro atoms. The number of carbonyl (C=O) groups excluding carboxylic acids is 2. The summed E-state index contributed by atoms with van der Waals surface area (Å²) in [4.78, 5) is 27.5. The highest BCUT2D eigenvalue weighted by atomic mass is 31.1. The Morgan fingerprint density at radius 3 is 2.76 bits per heavy atom. The maximum Gasteiger partial charge on any atom is 0.270 e. The average molecular weight is 356 g/mol. The third kappa shape index (κ3) is 3.60. The number of aromatic nitrogens is 2. The molecule has 1 aliphatic rings. The summed E-state index contributed by atoms with van der Waals surface area (Å²) in [6, 6.07) is 9.86. The van der Waals surface area contributed by atoms with Crippen molar-refractivity contribution in [3.05, 3.63) is 54.0 Å². The SMILES string of the molecule is NN/C(C=O)=C(\N)C(=O)NC1C=Cn2cc(-c3ccccc3)nc2P1. The van der Waals surface area contributed by atoms with Crippen LogP contribution in [0.2, 0.25) is 0 Å². The first-order valence-corrected chi connectivity index (χ1v) is 8.51. The second kappa shape index (κ2) is 7.29. The largest absolute Gasteiger partial charge is 0.392 e. The van der Waals surface area contributed by atoms with E-state index >= 15 is 0 Å². The van der Waals surface area contributed by atoms with Gasteiger partial charge in [0.2, 0.25) is 0 Å². The maximum absolute atomic E-state index is 12.1. The number of amides is 1. The van der Waals surface area contributed by atoms with Crippen molar-refractivity contribution in [1.82, 2.24) is 20.3 Å². The molecule has 2 unspecified atom stereocenters. The molecule has 2 aromatic rings. The van der Waals surface area contributed by atoms with Crippen molar-refractivity contribution >= 4 is 32.5 Å². The van der Waals surface area contributed by atoms with Crippen LogP contribution in [0.25, 0.3) is 17.5 Å². The highest BCUT2D eigenvalue weighted by Crippen LogP contribution is 2.25. The fourth-order valence-corrected chi connectivity index (χ4v) is 3.47. The van der Waals surface area contributed by atoms with Crippen LogP contribution >= 0.6 is 8.58 Å². The van der Waals surface area contributed by atoms with E-state index in [1.807, 2.05) is 53.4 Å². The Labute approximate surface area is 145 Å². The molecule has 128 valence electrons. The molecule has 25 heavy (non-hydrogen) atoms. The summed E-state index contributed by atoms with van der Waals surface area (Å²) in [5, 5.41) is 2.75. The number of nitrogens with two attached hydrogens (primary N) is 2. The Bertz CT molecular complexity index is 859. The van der Waals surface area contributed by atoms with E-state index in [9.17, 15) is 9.59 Å². The molecular weight excluding hydrogens is 339 g/mol. The van der Waals surface area contributed by atoms with Crippen molar-refractivity contribution in [2.24, 2.45) is 11.6 Å². The Kier molecular flexibility index (Phi) is 4.92. The van der Waals surface area contributed by atoms with Gasteiger partial charge >= 0.3 is 0 Å². The molecule has 2 heterocycles. The Balaban J connectivity index is 1.74. The number of hydrogen-bond donors (Lipinski definition) is 4. The van der Waals surface area contributed by atoms with Gasteiger partial charge in [-0.2, -0.15) is 0 Å². The highest BCUT2D eigenvalue weighted by molar-refractivity contribution is 7.47. The van der Waals surface area contributed by atoms with Gasteiger partial charge in [0, 0.05) is 18.0 Å². The molecule has 1 amide bonds. The molecule has 1 aliphatic heterocycles. The van der Waals surface area contributed by atoms with Gasteiger partial charge in [-0.05, 0) is 14.7 Å². The molecule has 8 nitrogen and oxygen atoms in total. The van der Waals surface area contributed by atoms with Gasteiger partial charge in [-0.1, -0.05) is 30.3 Å². The molecule has 0 aliphatic carbocycles. The Hall–Kier alpha value is -2.96. The van der Waals surface area contributed by atoms with Crippen molar-refractivity contribution in [1.29, 1.82) is 0 Å².